The summed E-state index contributed by atoms with van der Waals surface area (Å²) in [5, 5.41) is 2.95. The zero-order chi connectivity index (χ0) is 27.4. The number of allylic oxidation sites excluding steroid dienone is 2. The lowest BCUT2D eigenvalue weighted by Crippen LogP contribution is -2.49. The third-order valence-corrected chi connectivity index (χ3v) is 9.00. The van der Waals surface area contributed by atoms with Gasteiger partial charge >= 0.3 is 0 Å². The summed E-state index contributed by atoms with van der Waals surface area (Å²) in [5.41, 5.74) is 1.44. The Balaban J connectivity index is 1.13. The summed E-state index contributed by atoms with van der Waals surface area (Å²) >= 11 is 0. The van der Waals surface area contributed by atoms with E-state index in [0.29, 0.717) is 34.8 Å². The Kier molecular flexibility index (Phi) is 5.95. The quantitative estimate of drug-likeness (QED) is 0.322. The zero-order valence-corrected chi connectivity index (χ0v) is 22.1. The molecule has 40 heavy (non-hydrogen) atoms. The minimum Gasteiger partial charge on any atom is -0.493 e. The molecule has 3 aromatic rings. The summed E-state index contributed by atoms with van der Waals surface area (Å²) in [6.45, 7) is 0. The van der Waals surface area contributed by atoms with Gasteiger partial charge in [-0.15, -0.1) is 0 Å². The fraction of sp³-hybridized carbons (Fsp3) is 0.303. The first-order valence-electron chi connectivity index (χ1n) is 13.8. The van der Waals surface area contributed by atoms with Crippen LogP contribution in [0.2, 0.25) is 0 Å². The first-order valence-corrected chi connectivity index (χ1v) is 13.8. The molecule has 2 saturated carbocycles. The van der Waals surface area contributed by atoms with Gasteiger partial charge in [0.15, 0.2) is 11.5 Å². The van der Waals surface area contributed by atoms with Crippen molar-refractivity contribution in [3.8, 4) is 17.2 Å². The SMILES string of the molecule is COc1ccccc1Oc1ccc(NC(=O)[C@@H](Cc2ccccc2)N2C(=O)[C@H]3[C@@H]4C=C[C@H]([C@@H]5C[C@H]45)[C@@H]3C2=O)cc1. The average Bonchev–Trinajstić information content (AvgIpc) is 3.77. The van der Waals surface area contributed by atoms with E-state index in [1.165, 1.54) is 4.90 Å². The Bertz CT molecular complexity index is 1460. The summed E-state index contributed by atoms with van der Waals surface area (Å²) in [6.07, 6.45) is 5.65. The molecule has 0 spiro atoms. The van der Waals surface area contributed by atoms with E-state index < -0.39 is 6.04 Å². The van der Waals surface area contributed by atoms with Crippen molar-refractivity contribution >= 4 is 23.4 Å². The Morgan fingerprint density at radius 1 is 0.850 bits per heavy atom. The van der Waals surface area contributed by atoms with E-state index >= 15 is 0 Å². The Labute approximate surface area is 232 Å². The van der Waals surface area contributed by atoms with Gasteiger partial charge in [-0.3, -0.25) is 19.3 Å². The van der Waals surface area contributed by atoms with E-state index in [1.807, 2.05) is 54.6 Å². The number of likely N-dealkylation sites (tertiary alicyclic amines) is 1. The number of benzene rings is 3. The molecule has 0 unspecified atom stereocenters. The van der Waals surface area contributed by atoms with Gasteiger partial charge in [0.25, 0.3) is 0 Å². The molecule has 1 saturated heterocycles. The van der Waals surface area contributed by atoms with Crippen molar-refractivity contribution in [2.45, 2.75) is 18.9 Å². The van der Waals surface area contributed by atoms with Crippen LogP contribution in [0.5, 0.6) is 17.2 Å². The van der Waals surface area contributed by atoms with Gasteiger partial charge in [0.2, 0.25) is 17.7 Å². The van der Waals surface area contributed by atoms with Gasteiger partial charge in [-0.05, 0) is 72.1 Å². The van der Waals surface area contributed by atoms with Crippen LogP contribution in [0, 0.1) is 35.5 Å². The standard InChI is InChI=1S/C33H30N2O5/c1-39-27-9-5-6-10-28(27)40-21-13-11-20(12-14-21)34-31(36)26(17-19-7-3-2-4-8-19)35-32(37)29-22-15-16-23(25-18-24(22)25)30(29)33(35)38/h2-16,22-26,29-30H,17-18H2,1H3,(H,34,36)/t22-,23-,24-,25+,26-,29+,30+/m1/s1. The number of anilines is 1. The maximum Gasteiger partial charge on any atom is 0.248 e. The largest absolute Gasteiger partial charge is 0.493 e. The second-order valence-corrected chi connectivity index (χ2v) is 11.2. The summed E-state index contributed by atoms with van der Waals surface area (Å²) in [7, 11) is 1.58. The Morgan fingerprint density at radius 3 is 2.08 bits per heavy atom. The second-order valence-electron chi connectivity index (χ2n) is 11.2. The number of carbonyl (C=O) groups excluding carboxylic acids is 3. The lowest BCUT2D eigenvalue weighted by molar-refractivity contribution is -0.146. The van der Waals surface area contributed by atoms with Crippen LogP contribution < -0.4 is 14.8 Å². The van der Waals surface area contributed by atoms with E-state index in [9.17, 15) is 14.4 Å². The number of ether oxygens (including phenoxy) is 2. The van der Waals surface area contributed by atoms with E-state index in [0.717, 1.165) is 12.0 Å². The molecule has 4 aliphatic carbocycles. The van der Waals surface area contributed by atoms with E-state index in [2.05, 4.69) is 17.5 Å². The third-order valence-electron chi connectivity index (χ3n) is 9.00. The molecule has 202 valence electrons. The molecule has 5 aliphatic rings. The van der Waals surface area contributed by atoms with Crippen molar-refractivity contribution in [3.05, 3.63) is 96.6 Å². The summed E-state index contributed by atoms with van der Waals surface area (Å²) < 4.78 is 11.3. The number of nitrogens with zero attached hydrogens (tertiary/aromatic N) is 1. The van der Waals surface area contributed by atoms with Crippen LogP contribution in [0.3, 0.4) is 0 Å². The minimum atomic E-state index is -0.937. The van der Waals surface area contributed by atoms with Gasteiger partial charge in [-0.2, -0.15) is 0 Å². The number of methoxy groups -OCH3 is 1. The molecule has 7 atom stereocenters. The number of nitrogens with one attached hydrogen (secondary N) is 1. The molecule has 8 rings (SSSR count). The lowest BCUT2D eigenvalue weighted by Gasteiger charge is -2.37. The van der Waals surface area contributed by atoms with Crippen molar-refractivity contribution in [1.29, 1.82) is 0 Å². The van der Waals surface area contributed by atoms with Crippen LogP contribution in [-0.2, 0) is 20.8 Å². The minimum absolute atomic E-state index is 0.109. The van der Waals surface area contributed by atoms with Crippen LogP contribution in [-0.4, -0.2) is 35.8 Å². The van der Waals surface area contributed by atoms with Crippen LogP contribution in [0.4, 0.5) is 5.69 Å². The molecule has 2 bridgehead atoms. The van der Waals surface area contributed by atoms with E-state index in [-0.39, 0.29) is 47.8 Å². The normalized spacial score (nSPS) is 28.1. The van der Waals surface area contributed by atoms with Gasteiger partial charge in [0.05, 0.1) is 18.9 Å². The van der Waals surface area contributed by atoms with Crippen LogP contribution in [0.25, 0.3) is 0 Å². The first-order chi connectivity index (χ1) is 19.5. The maximum absolute atomic E-state index is 13.8. The highest BCUT2D eigenvalue weighted by Gasteiger charge is 2.67. The lowest BCUT2D eigenvalue weighted by atomic mass is 9.63. The van der Waals surface area contributed by atoms with E-state index in [4.69, 9.17) is 9.47 Å². The number of carbonyl (C=O) groups is 3. The molecule has 3 amide bonds. The Morgan fingerprint density at radius 2 is 1.45 bits per heavy atom. The molecule has 1 N–H and O–H groups in total. The monoisotopic (exact) mass is 534 g/mol. The molecule has 0 aromatic heterocycles. The molecule has 1 aliphatic heterocycles. The number of imide groups is 1. The maximum atomic E-state index is 13.8. The van der Waals surface area contributed by atoms with Crippen molar-refractivity contribution in [3.63, 3.8) is 0 Å². The smallest absolute Gasteiger partial charge is 0.248 e. The molecule has 1 heterocycles. The van der Waals surface area contributed by atoms with Crippen molar-refractivity contribution in [2.75, 3.05) is 12.4 Å². The van der Waals surface area contributed by atoms with Crippen LogP contribution >= 0.6 is 0 Å². The van der Waals surface area contributed by atoms with Crippen molar-refractivity contribution in [2.24, 2.45) is 35.5 Å². The fourth-order valence-corrected chi connectivity index (χ4v) is 7.09. The molecule has 7 heteroatoms. The summed E-state index contributed by atoms with van der Waals surface area (Å²) in [4.78, 5) is 42.7. The third kappa shape index (κ3) is 4.08. The highest BCUT2D eigenvalue weighted by atomic mass is 16.5. The van der Waals surface area contributed by atoms with Gasteiger partial charge in [-0.1, -0.05) is 54.6 Å². The predicted molar refractivity (Wildman–Crippen MR) is 149 cm³/mol. The second kappa shape index (κ2) is 9.66. The van der Waals surface area contributed by atoms with Gasteiger partial charge in [0, 0.05) is 12.1 Å². The molecule has 7 nitrogen and oxygen atoms in total. The number of amides is 3. The van der Waals surface area contributed by atoms with Gasteiger partial charge < -0.3 is 14.8 Å². The number of rotatable bonds is 8. The summed E-state index contributed by atoms with van der Waals surface area (Å²) in [6, 6.07) is 23.0. The van der Waals surface area contributed by atoms with Crippen molar-refractivity contribution < 1.29 is 23.9 Å². The zero-order valence-electron chi connectivity index (χ0n) is 22.1. The Hall–Kier alpha value is -4.39. The van der Waals surface area contributed by atoms with Crippen LogP contribution in [0.1, 0.15) is 12.0 Å². The molecule has 0 radical (unpaired) electrons. The molecular weight excluding hydrogens is 504 g/mol. The predicted octanol–water partition coefficient (Wildman–Crippen LogP) is 5.09. The highest BCUT2D eigenvalue weighted by molar-refractivity contribution is 6.10. The molecule has 3 aromatic carbocycles. The van der Waals surface area contributed by atoms with Crippen LogP contribution in [0.15, 0.2) is 91.0 Å². The van der Waals surface area contributed by atoms with Gasteiger partial charge in [0.1, 0.15) is 11.8 Å². The summed E-state index contributed by atoms with van der Waals surface area (Å²) in [5.74, 6) is 1.54. The van der Waals surface area contributed by atoms with E-state index in [1.54, 1.807) is 31.4 Å². The number of para-hydroxylation sites is 2. The fourth-order valence-electron chi connectivity index (χ4n) is 7.09. The number of hydrogen-bond donors (Lipinski definition) is 1. The highest BCUT2D eigenvalue weighted by Crippen LogP contribution is 2.65. The number of hydrogen-bond acceptors (Lipinski definition) is 5. The molecule has 3 fully saturated rings. The molecular formula is C33H30N2O5. The topological polar surface area (TPSA) is 84.9 Å². The first kappa shape index (κ1) is 24.6. The van der Waals surface area contributed by atoms with Crippen molar-refractivity contribution in [1.82, 2.24) is 4.90 Å². The van der Waals surface area contributed by atoms with Gasteiger partial charge in [-0.25, -0.2) is 0 Å². The average molecular weight is 535 g/mol.